The highest BCUT2D eigenvalue weighted by Gasteiger charge is 2.23. The smallest absolute Gasteiger partial charge is 0.0613 e. The number of aliphatic hydroxyl groups excluding tert-OH is 1. The van der Waals surface area contributed by atoms with Gasteiger partial charge < -0.3 is 15.2 Å². The lowest BCUT2D eigenvalue weighted by molar-refractivity contribution is 0.147. The second kappa shape index (κ2) is 8.21. The minimum Gasteiger partial charge on any atom is -0.394 e. The maximum atomic E-state index is 9.29. The van der Waals surface area contributed by atoms with Crippen LogP contribution in [0.25, 0.3) is 0 Å². The molecule has 0 atom stereocenters. The standard InChI is InChI=1S/C11H25NO2/c1-4-11(5-2,10-13)12-8-6-7-9-14-3/h12-13H,4-10H2,1-3H3. The maximum Gasteiger partial charge on any atom is 0.0613 e. The van der Waals surface area contributed by atoms with E-state index in [4.69, 9.17) is 4.74 Å². The highest BCUT2D eigenvalue weighted by atomic mass is 16.5. The van der Waals surface area contributed by atoms with Gasteiger partial charge in [0.2, 0.25) is 0 Å². The van der Waals surface area contributed by atoms with Gasteiger partial charge >= 0.3 is 0 Å². The van der Waals surface area contributed by atoms with Gasteiger partial charge in [-0.3, -0.25) is 0 Å². The fraction of sp³-hybridized carbons (Fsp3) is 1.00. The second-order valence-corrected chi connectivity index (χ2v) is 3.77. The molecular formula is C11H25NO2. The number of rotatable bonds is 9. The minimum atomic E-state index is -0.0624. The first-order valence-corrected chi connectivity index (χ1v) is 5.59. The number of unbranched alkanes of at least 4 members (excludes halogenated alkanes) is 1. The molecule has 0 unspecified atom stereocenters. The molecule has 0 aliphatic rings. The van der Waals surface area contributed by atoms with E-state index in [1.807, 2.05) is 0 Å². The highest BCUT2D eigenvalue weighted by molar-refractivity contribution is 4.84. The fourth-order valence-corrected chi connectivity index (χ4v) is 1.50. The van der Waals surface area contributed by atoms with Crippen LogP contribution >= 0.6 is 0 Å². The van der Waals surface area contributed by atoms with Gasteiger partial charge in [-0.05, 0) is 32.2 Å². The number of aliphatic hydroxyl groups is 1. The van der Waals surface area contributed by atoms with Crippen molar-refractivity contribution >= 4 is 0 Å². The summed E-state index contributed by atoms with van der Waals surface area (Å²) in [4.78, 5) is 0. The number of hydrogen-bond acceptors (Lipinski definition) is 3. The second-order valence-electron chi connectivity index (χ2n) is 3.77. The Morgan fingerprint density at radius 1 is 1.21 bits per heavy atom. The van der Waals surface area contributed by atoms with Gasteiger partial charge in [-0.1, -0.05) is 13.8 Å². The molecule has 0 rings (SSSR count). The summed E-state index contributed by atoms with van der Waals surface area (Å²) < 4.78 is 4.98. The molecule has 0 amide bonds. The van der Waals surface area contributed by atoms with Gasteiger partial charge in [-0.2, -0.15) is 0 Å². The molecule has 0 fully saturated rings. The lowest BCUT2D eigenvalue weighted by Gasteiger charge is -2.30. The Kier molecular flexibility index (Phi) is 8.14. The third-order valence-electron chi connectivity index (χ3n) is 2.93. The van der Waals surface area contributed by atoms with Crippen LogP contribution in [0.4, 0.5) is 0 Å². The zero-order valence-corrected chi connectivity index (χ0v) is 9.81. The molecule has 0 spiro atoms. The molecule has 3 heteroatoms. The van der Waals surface area contributed by atoms with Crippen LogP contribution < -0.4 is 5.32 Å². The third kappa shape index (κ3) is 4.94. The van der Waals surface area contributed by atoms with Crippen molar-refractivity contribution in [1.82, 2.24) is 5.32 Å². The molecule has 0 bridgehead atoms. The van der Waals surface area contributed by atoms with Crippen LogP contribution in [0.5, 0.6) is 0 Å². The first-order valence-electron chi connectivity index (χ1n) is 5.59. The summed E-state index contributed by atoms with van der Waals surface area (Å²) in [6, 6.07) is 0. The summed E-state index contributed by atoms with van der Waals surface area (Å²) in [7, 11) is 1.73. The Labute approximate surface area is 87.8 Å². The van der Waals surface area contributed by atoms with Crippen molar-refractivity contribution in [2.45, 2.75) is 45.1 Å². The molecule has 86 valence electrons. The summed E-state index contributed by atoms with van der Waals surface area (Å²) in [6.45, 7) is 6.24. The van der Waals surface area contributed by atoms with Gasteiger partial charge in [0.15, 0.2) is 0 Å². The molecule has 0 aromatic heterocycles. The monoisotopic (exact) mass is 203 g/mol. The van der Waals surface area contributed by atoms with Gasteiger partial charge in [0.05, 0.1) is 6.61 Å². The van der Waals surface area contributed by atoms with Crippen LogP contribution in [-0.4, -0.2) is 37.5 Å². The van der Waals surface area contributed by atoms with Crippen LogP contribution in [0, 0.1) is 0 Å². The Bertz CT molecular complexity index is 116. The van der Waals surface area contributed by atoms with Crippen LogP contribution in [0.2, 0.25) is 0 Å². The van der Waals surface area contributed by atoms with E-state index in [9.17, 15) is 5.11 Å². The Balaban J connectivity index is 3.61. The summed E-state index contributed by atoms with van der Waals surface area (Å²) in [5.41, 5.74) is -0.0624. The lowest BCUT2D eigenvalue weighted by Crippen LogP contribution is -2.47. The number of methoxy groups -OCH3 is 1. The van der Waals surface area contributed by atoms with Crippen molar-refractivity contribution in [3.63, 3.8) is 0 Å². The SMILES string of the molecule is CCC(CC)(CO)NCCCCOC. The summed E-state index contributed by atoms with van der Waals surface area (Å²) >= 11 is 0. The van der Waals surface area contributed by atoms with Crippen molar-refractivity contribution in [3.8, 4) is 0 Å². The third-order valence-corrected chi connectivity index (χ3v) is 2.93. The Hall–Kier alpha value is -0.120. The molecule has 2 N–H and O–H groups in total. The van der Waals surface area contributed by atoms with Crippen LogP contribution in [0.15, 0.2) is 0 Å². The first kappa shape index (κ1) is 13.9. The van der Waals surface area contributed by atoms with E-state index in [-0.39, 0.29) is 12.1 Å². The molecule has 0 saturated carbocycles. The van der Waals surface area contributed by atoms with Crippen molar-refractivity contribution in [2.24, 2.45) is 0 Å². The van der Waals surface area contributed by atoms with Crippen LogP contribution in [0.3, 0.4) is 0 Å². The summed E-state index contributed by atoms with van der Waals surface area (Å²) in [5, 5.41) is 12.7. The predicted octanol–water partition coefficient (Wildman–Crippen LogP) is 1.55. The van der Waals surface area contributed by atoms with E-state index in [2.05, 4.69) is 19.2 Å². The topological polar surface area (TPSA) is 41.5 Å². The minimum absolute atomic E-state index is 0.0624. The van der Waals surface area contributed by atoms with Crippen molar-refractivity contribution < 1.29 is 9.84 Å². The predicted molar refractivity (Wildman–Crippen MR) is 59.5 cm³/mol. The molecule has 14 heavy (non-hydrogen) atoms. The zero-order valence-electron chi connectivity index (χ0n) is 9.81. The normalized spacial score (nSPS) is 12.0. The van der Waals surface area contributed by atoms with Crippen molar-refractivity contribution in [1.29, 1.82) is 0 Å². The zero-order chi connectivity index (χ0) is 10.9. The Morgan fingerprint density at radius 3 is 2.29 bits per heavy atom. The van der Waals surface area contributed by atoms with Gasteiger partial charge in [-0.15, -0.1) is 0 Å². The van der Waals surface area contributed by atoms with Crippen molar-refractivity contribution in [2.75, 3.05) is 26.9 Å². The van der Waals surface area contributed by atoms with Gasteiger partial charge in [0.1, 0.15) is 0 Å². The van der Waals surface area contributed by atoms with Crippen LogP contribution in [0.1, 0.15) is 39.5 Å². The van der Waals surface area contributed by atoms with Gasteiger partial charge in [-0.25, -0.2) is 0 Å². The molecular weight excluding hydrogens is 178 g/mol. The van der Waals surface area contributed by atoms with E-state index >= 15 is 0 Å². The molecule has 0 aromatic carbocycles. The average molecular weight is 203 g/mol. The molecule has 0 heterocycles. The van der Waals surface area contributed by atoms with E-state index < -0.39 is 0 Å². The molecule has 0 saturated heterocycles. The maximum absolute atomic E-state index is 9.29. The lowest BCUT2D eigenvalue weighted by atomic mass is 9.94. The number of nitrogens with one attached hydrogen (secondary N) is 1. The van der Waals surface area contributed by atoms with E-state index in [0.717, 1.165) is 38.8 Å². The molecule has 0 aromatic rings. The van der Waals surface area contributed by atoms with E-state index in [0.29, 0.717) is 0 Å². The van der Waals surface area contributed by atoms with Gasteiger partial charge in [0.25, 0.3) is 0 Å². The Morgan fingerprint density at radius 2 is 1.86 bits per heavy atom. The average Bonchev–Trinajstić information content (AvgIpc) is 2.24. The fourth-order valence-electron chi connectivity index (χ4n) is 1.50. The first-order chi connectivity index (χ1) is 6.74. The molecule has 0 aliphatic carbocycles. The molecule has 0 aliphatic heterocycles. The van der Waals surface area contributed by atoms with Crippen molar-refractivity contribution in [3.05, 3.63) is 0 Å². The van der Waals surface area contributed by atoms with Crippen LogP contribution in [-0.2, 0) is 4.74 Å². The quantitative estimate of drug-likeness (QED) is 0.559. The summed E-state index contributed by atoms with van der Waals surface area (Å²) in [5.74, 6) is 0. The highest BCUT2D eigenvalue weighted by Crippen LogP contribution is 2.13. The number of hydrogen-bond donors (Lipinski definition) is 2. The van der Waals surface area contributed by atoms with E-state index in [1.54, 1.807) is 7.11 Å². The molecule has 3 nitrogen and oxygen atoms in total. The number of ether oxygens (including phenoxy) is 1. The largest absolute Gasteiger partial charge is 0.394 e. The summed E-state index contributed by atoms with van der Waals surface area (Å²) in [6.07, 6.45) is 4.14. The van der Waals surface area contributed by atoms with E-state index in [1.165, 1.54) is 0 Å². The van der Waals surface area contributed by atoms with Gasteiger partial charge in [0, 0.05) is 19.3 Å². The molecule has 0 radical (unpaired) electrons.